The van der Waals surface area contributed by atoms with Gasteiger partial charge < -0.3 is 4.84 Å². The van der Waals surface area contributed by atoms with Crippen molar-refractivity contribution in [3.05, 3.63) is 48.3 Å². The fourth-order valence-electron chi connectivity index (χ4n) is 1.62. The Kier molecular flexibility index (Phi) is 3.80. The monoisotopic (exact) mass is 229 g/mol. The Morgan fingerprint density at radius 3 is 2.53 bits per heavy atom. The van der Waals surface area contributed by atoms with E-state index in [-0.39, 0.29) is 0 Å². The summed E-state index contributed by atoms with van der Waals surface area (Å²) in [4.78, 5) is 13.7. The SMILES string of the molecule is CON(C)Cc1ccccc1-c1ncccn1. The molecule has 4 heteroatoms. The Hall–Kier alpha value is -1.78. The quantitative estimate of drug-likeness (QED) is 0.753. The van der Waals surface area contributed by atoms with Crippen molar-refractivity contribution in [1.82, 2.24) is 15.0 Å². The third-order valence-corrected chi connectivity index (χ3v) is 2.53. The molecule has 0 radical (unpaired) electrons. The molecular formula is C13H15N3O. The maximum Gasteiger partial charge on any atom is 0.159 e. The van der Waals surface area contributed by atoms with Crippen molar-refractivity contribution in [2.24, 2.45) is 0 Å². The third kappa shape index (κ3) is 2.87. The van der Waals surface area contributed by atoms with E-state index in [1.807, 2.05) is 31.3 Å². The van der Waals surface area contributed by atoms with E-state index in [0.717, 1.165) is 17.0 Å². The van der Waals surface area contributed by atoms with Gasteiger partial charge in [0.25, 0.3) is 0 Å². The minimum Gasteiger partial charge on any atom is -0.302 e. The highest BCUT2D eigenvalue weighted by atomic mass is 16.7. The van der Waals surface area contributed by atoms with Crippen LogP contribution in [-0.2, 0) is 11.4 Å². The van der Waals surface area contributed by atoms with Crippen molar-refractivity contribution in [1.29, 1.82) is 0 Å². The normalized spacial score (nSPS) is 10.8. The Labute approximate surface area is 101 Å². The van der Waals surface area contributed by atoms with Crippen LogP contribution in [0.5, 0.6) is 0 Å². The first-order valence-electron chi connectivity index (χ1n) is 5.42. The molecule has 2 rings (SSSR count). The minimum atomic E-state index is 0.699. The van der Waals surface area contributed by atoms with Crippen LogP contribution in [0.1, 0.15) is 5.56 Å². The van der Waals surface area contributed by atoms with Gasteiger partial charge in [-0.3, -0.25) is 0 Å². The topological polar surface area (TPSA) is 38.2 Å². The highest BCUT2D eigenvalue weighted by molar-refractivity contribution is 5.59. The summed E-state index contributed by atoms with van der Waals surface area (Å²) in [5.74, 6) is 0.743. The van der Waals surface area contributed by atoms with E-state index in [1.54, 1.807) is 24.6 Å². The van der Waals surface area contributed by atoms with Crippen LogP contribution in [0.4, 0.5) is 0 Å². The fourth-order valence-corrected chi connectivity index (χ4v) is 1.62. The summed E-state index contributed by atoms with van der Waals surface area (Å²) < 4.78 is 0. The van der Waals surface area contributed by atoms with E-state index >= 15 is 0 Å². The summed E-state index contributed by atoms with van der Waals surface area (Å²) in [7, 11) is 3.55. The molecule has 0 aliphatic heterocycles. The van der Waals surface area contributed by atoms with Gasteiger partial charge >= 0.3 is 0 Å². The highest BCUT2D eigenvalue weighted by Crippen LogP contribution is 2.20. The Morgan fingerprint density at radius 2 is 1.82 bits per heavy atom. The third-order valence-electron chi connectivity index (χ3n) is 2.53. The zero-order valence-electron chi connectivity index (χ0n) is 10.00. The van der Waals surface area contributed by atoms with Crippen LogP contribution in [0.25, 0.3) is 11.4 Å². The average molecular weight is 229 g/mol. The van der Waals surface area contributed by atoms with Crippen molar-refractivity contribution in [3.63, 3.8) is 0 Å². The second-order valence-corrected chi connectivity index (χ2v) is 3.70. The molecule has 0 fully saturated rings. The molecule has 0 aliphatic carbocycles. The largest absolute Gasteiger partial charge is 0.302 e. The van der Waals surface area contributed by atoms with Crippen LogP contribution in [0.15, 0.2) is 42.7 Å². The molecular weight excluding hydrogens is 214 g/mol. The molecule has 1 aromatic carbocycles. The lowest BCUT2D eigenvalue weighted by Gasteiger charge is -2.15. The summed E-state index contributed by atoms with van der Waals surface area (Å²) in [6.07, 6.45) is 3.50. The van der Waals surface area contributed by atoms with E-state index < -0.39 is 0 Å². The standard InChI is InChI=1S/C13H15N3O/c1-16(17-2)10-11-6-3-4-7-12(11)13-14-8-5-9-15-13/h3-9H,10H2,1-2H3. The fraction of sp³-hybridized carbons (Fsp3) is 0.231. The molecule has 4 nitrogen and oxygen atoms in total. The van der Waals surface area contributed by atoms with E-state index in [1.165, 1.54) is 0 Å². The highest BCUT2D eigenvalue weighted by Gasteiger charge is 2.08. The van der Waals surface area contributed by atoms with Gasteiger partial charge in [-0.05, 0) is 11.6 Å². The first kappa shape index (κ1) is 11.7. The van der Waals surface area contributed by atoms with Gasteiger partial charge in [-0.25, -0.2) is 9.97 Å². The summed E-state index contributed by atoms with van der Waals surface area (Å²) in [5, 5.41) is 1.77. The molecule has 0 N–H and O–H groups in total. The van der Waals surface area contributed by atoms with E-state index in [2.05, 4.69) is 16.0 Å². The molecule has 0 amide bonds. The van der Waals surface area contributed by atoms with Crippen molar-refractivity contribution < 1.29 is 4.84 Å². The van der Waals surface area contributed by atoms with Gasteiger partial charge in [-0.15, -0.1) is 0 Å². The Morgan fingerprint density at radius 1 is 1.12 bits per heavy atom. The number of hydrogen-bond acceptors (Lipinski definition) is 4. The molecule has 0 atom stereocenters. The molecule has 1 aromatic heterocycles. The van der Waals surface area contributed by atoms with Crippen molar-refractivity contribution in [2.75, 3.05) is 14.2 Å². The Bertz CT molecular complexity index is 473. The van der Waals surface area contributed by atoms with Crippen LogP contribution in [0.2, 0.25) is 0 Å². The lowest BCUT2D eigenvalue weighted by molar-refractivity contribution is -0.116. The second kappa shape index (κ2) is 5.52. The number of aromatic nitrogens is 2. The number of hydrogen-bond donors (Lipinski definition) is 0. The van der Waals surface area contributed by atoms with E-state index in [0.29, 0.717) is 6.54 Å². The van der Waals surface area contributed by atoms with Crippen LogP contribution in [0.3, 0.4) is 0 Å². The first-order valence-corrected chi connectivity index (χ1v) is 5.42. The first-order chi connectivity index (χ1) is 8.31. The average Bonchev–Trinajstić information content (AvgIpc) is 2.40. The van der Waals surface area contributed by atoms with Gasteiger partial charge in [0.15, 0.2) is 5.82 Å². The molecule has 17 heavy (non-hydrogen) atoms. The van der Waals surface area contributed by atoms with Gasteiger partial charge in [0.1, 0.15) is 0 Å². The van der Waals surface area contributed by atoms with Crippen LogP contribution >= 0.6 is 0 Å². The van der Waals surface area contributed by atoms with Crippen molar-refractivity contribution in [2.45, 2.75) is 6.54 Å². The maximum atomic E-state index is 5.14. The summed E-state index contributed by atoms with van der Waals surface area (Å²) in [5.41, 5.74) is 2.18. The van der Waals surface area contributed by atoms with E-state index in [4.69, 9.17) is 4.84 Å². The van der Waals surface area contributed by atoms with Gasteiger partial charge in [0.2, 0.25) is 0 Å². The molecule has 0 bridgehead atoms. The molecule has 88 valence electrons. The number of rotatable bonds is 4. The van der Waals surface area contributed by atoms with Gasteiger partial charge in [-0.1, -0.05) is 24.3 Å². The maximum absolute atomic E-state index is 5.14. The number of nitrogens with zero attached hydrogens (tertiary/aromatic N) is 3. The zero-order valence-corrected chi connectivity index (χ0v) is 10.00. The van der Waals surface area contributed by atoms with Crippen LogP contribution < -0.4 is 0 Å². The predicted octanol–water partition coefficient (Wildman–Crippen LogP) is 2.14. The molecule has 0 saturated heterocycles. The molecule has 0 spiro atoms. The lowest BCUT2D eigenvalue weighted by Crippen LogP contribution is -2.16. The molecule has 0 aliphatic rings. The molecule has 1 heterocycles. The Balaban J connectivity index is 2.34. The predicted molar refractivity (Wildman–Crippen MR) is 65.9 cm³/mol. The van der Waals surface area contributed by atoms with Crippen LogP contribution in [-0.4, -0.2) is 29.2 Å². The summed E-state index contributed by atoms with van der Waals surface area (Å²) >= 11 is 0. The van der Waals surface area contributed by atoms with Crippen molar-refractivity contribution in [3.8, 4) is 11.4 Å². The smallest absolute Gasteiger partial charge is 0.159 e. The zero-order chi connectivity index (χ0) is 12.1. The van der Waals surface area contributed by atoms with Crippen molar-refractivity contribution >= 4 is 0 Å². The second-order valence-electron chi connectivity index (χ2n) is 3.70. The molecule has 2 aromatic rings. The van der Waals surface area contributed by atoms with Crippen LogP contribution in [0, 0.1) is 0 Å². The summed E-state index contributed by atoms with van der Waals surface area (Å²) in [6.45, 7) is 0.699. The molecule has 0 saturated carbocycles. The molecule has 0 unspecified atom stereocenters. The number of benzene rings is 1. The lowest BCUT2D eigenvalue weighted by atomic mass is 10.1. The minimum absolute atomic E-state index is 0.699. The van der Waals surface area contributed by atoms with E-state index in [9.17, 15) is 0 Å². The summed E-state index contributed by atoms with van der Waals surface area (Å²) in [6, 6.07) is 9.88. The van der Waals surface area contributed by atoms with Gasteiger partial charge in [-0.2, -0.15) is 5.06 Å². The number of hydroxylamine groups is 2. The van der Waals surface area contributed by atoms with Gasteiger partial charge in [0, 0.05) is 31.5 Å². The van der Waals surface area contributed by atoms with Gasteiger partial charge in [0.05, 0.1) is 7.11 Å².